The van der Waals surface area contributed by atoms with Gasteiger partial charge >= 0.3 is 0 Å². The van der Waals surface area contributed by atoms with E-state index in [0.29, 0.717) is 0 Å². The minimum atomic E-state index is 1.04. The lowest BCUT2D eigenvalue weighted by atomic mass is 10.2. The fourth-order valence-corrected chi connectivity index (χ4v) is 1.01. The third kappa shape index (κ3) is 1.50. The summed E-state index contributed by atoms with van der Waals surface area (Å²) in [4.78, 5) is 0. The quantitative estimate of drug-likeness (QED) is 0.580. The molecule has 1 aliphatic heterocycles. The minimum Gasteiger partial charge on any atom is -0.385 e. The van der Waals surface area contributed by atoms with Crippen LogP contribution in [-0.4, -0.2) is 6.54 Å². The van der Waals surface area contributed by atoms with E-state index in [0.717, 1.165) is 18.7 Å². The zero-order valence-electron chi connectivity index (χ0n) is 6.35. The molecule has 54 valence electrons. The van der Waals surface area contributed by atoms with Crippen LogP contribution in [-0.2, 0) is 0 Å². The minimum absolute atomic E-state index is 1.04. The van der Waals surface area contributed by atoms with E-state index in [9.17, 15) is 0 Å². The highest BCUT2D eigenvalue weighted by atomic mass is 14.9. The smallest absolute Gasteiger partial charge is 0.0300 e. The number of hydrogen-bond donors (Lipinski definition) is 1. The topological polar surface area (TPSA) is 12.0 Å². The fraction of sp³-hybridized carbons (Fsp3) is 0.333. The van der Waals surface area contributed by atoms with Crippen molar-refractivity contribution in [2.75, 3.05) is 6.54 Å². The van der Waals surface area contributed by atoms with E-state index < -0.39 is 0 Å². The lowest BCUT2D eigenvalue weighted by molar-refractivity contribution is 0.917. The molecule has 10 heavy (non-hydrogen) atoms. The van der Waals surface area contributed by atoms with Crippen LogP contribution < -0.4 is 5.32 Å². The molecule has 0 saturated carbocycles. The summed E-state index contributed by atoms with van der Waals surface area (Å²) in [5.41, 5.74) is 2.41. The molecule has 1 fully saturated rings. The van der Waals surface area contributed by atoms with Gasteiger partial charge in [0.2, 0.25) is 0 Å². The van der Waals surface area contributed by atoms with Crippen molar-refractivity contribution in [2.24, 2.45) is 0 Å². The Bertz CT molecular complexity index is 187. The van der Waals surface area contributed by atoms with Gasteiger partial charge in [-0.15, -0.1) is 0 Å². The van der Waals surface area contributed by atoms with Gasteiger partial charge in [-0.05, 0) is 18.9 Å². The zero-order chi connectivity index (χ0) is 7.40. The molecule has 1 rings (SSSR count). The van der Waals surface area contributed by atoms with Crippen molar-refractivity contribution in [1.29, 1.82) is 0 Å². The molecule has 0 aromatic rings. The molecule has 1 nitrogen and oxygen atoms in total. The first kappa shape index (κ1) is 7.13. The second kappa shape index (κ2) is 3.25. The molecule has 0 radical (unpaired) electrons. The van der Waals surface area contributed by atoms with Gasteiger partial charge in [0.1, 0.15) is 0 Å². The molecule has 1 heteroatoms. The van der Waals surface area contributed by atoms with Crippen LogP contribution in [0.1, 0.15) is 13.3 Å². The van der Waals surface area contributed by atoms with Gasteiger partial charge < -0.3 is 5.32 Å². The van der Waals surface area contributed by atoms with E-state index >= 15 is 0 Å². The number of allylic oxidation sites excluding steroid dienone is 4. The highest BCUT2D eigenvalue weighted by molar-refractivity contribution is 5.33. The molecule has 0 aromatic heterocycles. The van der Waals surface area contributed by atoms with Crippen LogP contribution in [0.3, 0.4) is 0 Å². The molecule has 1 N–H and O–H groups in total. The van der Waals surface area contributed by atoms with Gasteiger partial charge in [0.25, 0.3) is 0 Å². The van der Waals surface area contributed by atoms with Crippen LogP contribution in [0.4, 0.5) is 0 Å². The SMILES string of the molecule is C=C1NCC/C1=C/C=C\C. The molecule has 0 aliphatic carbocycles. The molecule has 0 spiro atoms. The summed E-state index contributed by atoms with van der Waals surface area (Å²) in [6.45, 7) is 6.94. The van der Waals surface area contributed by atoms with Crippen LogP contribution in [0.2, 0.25) is 0 Å². The molecule has 1 saturated heterocycles. The van der Waals surface area contributed by atoms with Crippen LogP contribution in [0, 0.1) is 0 Å². The van der Waals surface area contributed by atoms with Crippen molar-refractivity contribution < 1.29 is 0 Å². The number of rotatable bonds is 1. The first-order valence-corrected chi connectivity index (χ1v) is 3.59. The highest BCUT2D eigenvalue weighted by Crippen LogP contribution is 2.15. The molecule has 1 heterocycles. The third-order valence-electron chi connectivity index (χ3n) is 1.61. The van der Waals surface area contributed by atoms with Crippen molar-refractivity contribution in [2.45, 2.75) is 13.3 Å². The van der Waals surface area contributed by atoms with Crippen LogP contribution >= 0.6 is 0 Å². The second-order valence-electron chi connectivity index (χ2n) is 2.37. The Morgan fingerprint density at radius 1 is 1.60 bits per heavy atom. The van der Waals surface area contributed by atoms with Gasteiger partial charge in [-0.25, -0.2) is 0 Å². The maximum atomic E-state index is 3.88. The van der Waals surface area contributed by atoms with E-state index in [1.165, 1.54) is 5.57 Å². The summed E-state index contributed by atoms with van der Waals surface area (Å²) in [6, 6.07) is 0. The van der Waals surface area contributed by atoms with E-state index in [1.54, 1.807) is 0 Å². The van der Waals surface area contributed by atoms with Gasteiger partial charge in [-0.1, -0.05) is 24.8 Å². The van der Waals surface area contributed by atoms with Gasteiger partial charge in [0.05, 0.1) is 0 Å². The van der Waals surface area contributed by atoms with Crippen molar-refractivity contribution in [1.82, 2.24) is 5.32 Å². The summed E-state index contributed by atoms with van der Waals surface area (Å²) in [5, 5.41) is 3.18. The van der Waals surface area contributed by atoms with Gasteiger partial charge in [0.15, 0.2) is 0 Å². The standard InChI is InChI=1S/C9H13N/c1-3-4-5-9-6-7-10-8(9)2/h3-5,10H,2,6-7H2,1H3/b4-3-,9-5-. The lowest BCUT2D eigenvalue weighted by Gasteiger charge is -1.93. The van der Waals surface area contributed by atoms with Crippen molar-refractivity contribution >= 4 is 0 Å². The molecular formula is C9H13N. The lowest BCUT2D eigenvalue weighted by Crippen LogP contribution is -2.01. The molecule has 0 bridgehead atoms. The molecule has 1 aliphatic rings. The molecular weight excluding hydrogens is 122 g/mol. The molecule has 0 aromatic carbocycles. The maximum Gasteiger partial charge on any atom is 0.0300 e. The monoisotopic (exact) mass is 135 g/mol. The molecule has 0 atom stereocenters. The Morgan fingerprint density at radius 2 is 2.40 bits per heavy atom. The van der Waals surface area contributed by atoms with Crippen LogP contribution in [0.25, 0.3) is 0 Å². The first-order chi connectivity index (χ1) is 4.84. The van der Waals surface area contributed by atoms with Crippen molar-refractivity contribution in [3.63, 3.8) is 0 Å². The summed E-state index contributed by atoms with van der Waals surface area (Å²) in [6.07, 6.45) is 7.30. The van der Waals surface area contributed by atoms with E-state index in [2.05, 4.69) is 18.0 Å². The van der Waals surface area contributed by atoms with E-state index in [-0.39, 0.29) is 0 Å². The number of hydrogen-bond acceptors (Lipinski definition) is 1. The fourth-order valence-electron chi connectivity index (χ4n) is 1.01. The van der Waals surface area contributed by atoms with E-state index in [4.69, 9.17) is 0 Å². The maximum absolute atomic E-state index is 3.88. The number of nitrogens with one attached hydrogen (secondary N) is 1. The Morgan fingerprint density at radius 3 is 2.90 bits per heavy atom. The third-order valence-corrected chi connectivity index (χ3v) is 1.61. The summed E-state index contributed by atoms with van der Waals surface area (Å²) < 4.78 is 0. The van der Waals surface area contributed by atoms with Crippen molar-refractivity contribution in [3.05, 3.63) is 36.1 Å². The molecule has 0 unspecified atom stereocenters. The van der Waals surface area contributed by atoms with Crippen LogP contribution in [0.15, 0.2) is 36.1 Å². The Labute approximate surface area is 62.1 Å². The van der Waals surface area contributed by atoms with E-state index in [1.807, 2.05) is 19.1 Å². The average molecular weight is 135 g/mol. The van der Waals surface area contributed by atoms with Crippen LogP contribution in [0.5, 0.6) is 0 Å². The Kier molecular flexibility index (Phi) is 2.32. The predicted octanol–water partition coefficient (Wildman–Crippen LogP) is 2.00. The highest BCUT2D eigenvalue weighted by Gasteiger charge is 2.07. The van der Waals surface area contributed by atoms with Gasteiger partial charge in [-0.2, -0.15) is 0 Å². The first-order valence-electron chi connectivity index (χ1n) is 3.59. The summed E-state index contributed by atoms with van der Waals surface area (Å²) in [5.74, 6) is 0. The van der Waals surface area contributed by atoms with Gasteiger partial charge in [-0.3, -0.25) is 0 Å². The zero-order valence-corrected chi connectivity index (χ0v) is 6.35. The Hall–Kier alpha value is -0.980. The van der Waals surface area contributed by atoms with Gasteiger partial charge in [0, 0.05) is 12.2 Å². The predicted molar refractivity (Wildman–Crippen MR) is 44.7 cm³/mol. The average Bonchev–Trinajstić information content (AvgIpc) is 2.31. The Balaban J connectivity index is 2.62. The normalized spacial score (nSPS) is 22.5. The molecule has 0 amide bonds. The second-order valence-corrected chi connectivity index (χ2v) is 2.37. The largest absolute Gasteiger partial charge is 0.385 e. The van der Waals surface area contributed by atoms with Crippen molar-refractivity contribution in [3.8, 4) is 0 Å². The summed E-state index contributed by atoms with van der Waals surface area (Å²) >= 11 is 0. The summed E-state index contributed by atoms with van der Waals surface area (Å²) in [7, 11) is 0.